The lowest BCUT2D eigenvalue weighted by Gasteiger charge is -2.11. The second-order valence-electron chi connectivity index (χ2n) is 4.80. The average molecular weight is 306 g/mol. The number of ether oxygens (including phenoxy) is 2. The summed E-state index contributed by atoms with van der Waals surface area (Å²) in [5.74, 6) is 0. The van der Waals surface area contributed by atoms with Crippen molar-refractivity contribution >= 4 is 0 Å². The Kier molecular flexibility index (Phi) is 12.1. The molecule has 0 saturated carbocycles. The first-order valence-electron chi connectivity index (χ1n) is 7.50. The molecule has 0 aliphatic carbocycles. The predicted octanol–water partition coefficient (Wildman–Crippen LogP) is 2.72. The van der Waals surface area contributed by atoms with E-state index in [1.807, 2.05) is 32.1 Å². The molecule has 22 heavy (non-hydrogen) atoms. The maximum atomic E-state index is 5.42. The van der Waals surface area contributed by atoms with Gasteiger partial charge in [0.15, 0.2) is 0 Å². The second-order valence-corrected chi connectivity index (χ2v) is 4.80. The van der Waals surface area contributed by atoms with Crippen LogP contribution in [0.5, 0.6) is 0 Å². The van der Waals surface area contributed by atoms with E-state index in [1.54, 1.807) is 0 Å². The van der Waals surface area contributed by atoms with Crippen molar-refractivity contribution in [1.29, 1.82) is 0 Å². The molecule has 0 aromatic rings. The van der Waals surface area contributed by atoms with Gasteiger partial charge in [0, 0.05) is 18.8 Å². The smallest absolute Gasteiger partial charge is 0.0701 e. The number of hydrogen-bond acceptors (Lipinski definition) is 4. The highest BCUT2D eigenvalue weighted by Gasteiger charge is 1.99. The molecule has 3 N–H and O–H groups in total. The summed E-state index contributed by atoms with van der Waals surface area (Å²) < 4.78 is 10.6. The van der Waals surface area contributed by atoms with E-state index in [0.717, 1.165) is 22.4 Å². The van der Waals surface area contributed by atoms with Crippen LogP contribution in [0.1, 0.15) is 13.8 Å². The minimum absolute atomic E-state index is 0.539. The van der Waals surface area contributed by atoms with Gasteiger partial charge in [-0.25, -0.2) is 0 Å². The highest BCUT2D eigenvalue weighted by Crippen LogP contribution is 2.13. The molecule has 4 nitrogen and oxygen atoms in total. The fourth-order valence-electron chi connectivity index (χ4n) is 1.57. The molecule has 0 amide bonds. The quantitative estimate of drug-likeness (QED) is 0.406. The van der Waals surface area contributed by atoms with Crippen molar-refractivity contribution in [2.45, 2.75) is 13.8 Å². The highest BCUT2D eigenvalue weighted by atomic mass is 16.5. The molecule has 0 aliphatic heterocycles. The van der Waals surface area contributed by atoms with E-state index in [4.69, 9.17) is 15.2 Å². The van der Waals surface area contributed by atoms with Crippen molar-refractivity contribution in [3.05, 3.63) is 60.4 Å². The fraction of sp³-hybridized carbons (Fsp3) is 0.444. The molecule has 0 aromatic heterocycles. The van der Waals surface area contributed by atoms with Gasteiger partial charge in [-0.15, -0.1) is 0 Å². The van der Waals surface area contributed by atoms with E-state index in [-0.39, 0.29) is 0 Å². The number of nitrogens with one attached hydrogen (secondary N) is 1. The van der Waals surface area contributed by atoms with E-state index in [0.29, 0.717) is 39.5 Å². The molecule has 0 atom stereocenters. The summed E-state index contributed by atoms with van der Waals surface area (Å²) in [6.45, 7) is 19.5. The molecule has 0 rings (SSSR count). The Hall–Kier alpha value is -1.62. The van der Waals surface area contributed by atoms with Crippen LogP contribution in [0.2, 0.25) is 0 Å². The first-order valence-corrected chi connectivity index (χ1v) is 7.50. The molecule has 0 bridgehead atoms. The van der Waals surface area contributed by atoms with Crippen LogP contribution in [0, 0.1) is 0 Å². The van der Waals surface area contributed by atoms with Gasteiger partial charge in [-0.1, -0.05) is 38.0 Å². The zero-order chi connectivity index (χ0) is 16.8. The Bertz CT molecular complexity index is 423. The summed E-state index contributed by atoms with van der Waals surface area (Å²) in [5.41, 5.74) is 8.98. The van der Waals surface area contributed by atoms with E-state index in [9.17, 15) is 0 Å². The van der Waals surface area contributed by atoms with E-state index in [2.05, 4.69) is 25.1 Å². The summed E-state index contributed by atoms with van der Waals surface area (Å²) in [7, 11) is 0. The van der Waals surface area contributed by atoms with Gasteiger partial charge in [0.05, 0.1) is 26.4 Å². The Labute approximate surface area is 135 Å². The molecule has 0 saturated heterocycles. The van der Waals surface area contributed by atoms with Crippen molar-refractivity contribution in [2.24, 2.45) is 5.73 Å². The average Bonchev–Trinajstić information content (AvgIpc) is 2.49. The van der Waals surface area contributed by atoms with Crippen LogP contribution in [0.25, 0.3) is 0 Å². The van der Waals surface area contributed by atoms with Gasteiger partial charge >= 0.3 is 0 Å². The maximum Gasteiger partial charge on any atom is 0.0701 e. The third kappa shape index (κ3) is 10.2. The van der Waals surface area contributed by atoms with Crippen molar-refractivity contribution in [1.82, 2.24) is 5.32 Å². The number of nitrogens with two attached hydrogens (primary N) is 1. The number of rotatable bonds is 13. The SMILES string of the molecule is C=C(/C=C(\C)C(=C)/C=C\C)C(=C)NCCOCCOCCN. The molecular formula is C18H30N2O2. The lowest BCUT2D eigenvalue weighted by Crippen LogP contribution is -2.20. The fourth-order valence-corrected chi connectivity index (χ4v) is 1.57. The van der Waals surface area contributed by atoms with Crippen molar-refractivity contribution in [3.63, 3.8) is 0 Å². The molecule has 0 aliphatic rings. The molecular weight excluding hydrogens is 276 g/mol. The monoisotopic (exact) mass is 306 g/mol. The highest BCUT2D eigenvalue weighted by molar-refractivity contribution is 5.44. The predicted molar refractivity (Wildman–Crippen MR) is 94.7 cm³/mol. The molecule has 0 heterocycles. The standard InChI is InChI=1S/C18H30N2O2/c1-6-7-15(2)16(3)14-17(4)18(5)20-9-11-22-13-12-21-10-8-19/h6-7,14,20H,2,4-5,8-13,19H2,1,3H3/b7-6-,16-14+. The minimum Gasteiger partial charge on any atom is -0.383 e. The summed E-state index contributed by atoms with van der Waals surface area (Å²) in [6, 6.07) is 0. The molecule has 0 fully saturated rings. The van der Waals surface area contributed by atoms with Gasteiger partial charge < -0.3 is 20.5 Å². The molecule has 124 valence electrons. The van der Waals surface area contributed by atoms with Crippen molar-refractivity contribution < 1.29 is 9.47 Å². The third-order valence-electron chi connectivity index (χ3n) is 2.87. The van der Waals surface area contributed by atoms with E-state index >= 15 is 0 Å². The Balaban J connectivity index is 3.90. The van der Waals surface area contributed by atoms with E-state index in [1.165, 1.54) is 0 Å². The van der Waals surface area contributed by atoms with Crippen LogP contribution in [0.15, 0.2) is 60.4 Å². The molecule has 0 radical (unpaired) electrons. The summed E-state index contributed by atoms with van der Waals surface area (Å²) in [4.78, 5) is 0. The Morgan fingerprint density at radius 3 is 2.27 bits per heavy atom. The van der Waals surface area contributed by atoms with Crippen LogP contribution in [-0.2, 0) is 9.47 Å². The minimum atomic E-state index is 0.539. The van der Waals surface area contributed by atoms with Crippen molar-refractivity contribution in [3.8, 4) is 0 Å². The largest absolute Gasteiger partial charge is 0.383 e. The first kappa shape index (κ1) is 20.4. The molecule has 4 heteroatoms. The Morgan fingerprint density at radius 1 is 1.05 bits per heavy atom. The normalized spacial score (nSPS) is 11.7. The van der Waals surface area contributed by atoms with Gasteiger partial charge in [-0.3, -0.25) is 0 Å². The van der Waals surface area contributed by atoms with Crippen LogP contribution in [-0.4, -0.2) is 39.5 Å². The van der Waals surface area contributed by atoms with E-state index < -0.39 is 0 Å². The lowest BCUT2D eigenvalue weighted by molar-refractivity contribution is 0.0524. The summed E-state index contributed by atoms with van der Waals surface area (Å²) in [6.07, 6.45) is 5.90. The molecule has 0 aromatic carbocycles. The van der Waals surface area contributed by atoms with Crippen molar-refractivity contribution in [2.75, 3.05) is 39.5 Å². The zero-order valence-electron chi connectivity index (χ0n) is 14.0. The van der Waals surface area contributed by atoms with Gasteiger partial charge in [0.1, 0.15) is 0 Å². The first-order chi connectivity index (χ1) is 10.5. The summed E-state index contributed by atoms with van der Waals surface area (Å²) >= 11 is 0. The molecule has 0 spiro atoms. The Morgan fingerprint density at radius 2 is 1.68 bits per heavy atom. The van der Waals surface area contributed by atoms with Crippen LogP contribution in [0.4, 0.5) is 0 Å². The number of allylic oxidation sites excluding steroid dienone is 5. The van der Waals surface area contributed by atoms with Crippen LogP contribution >= 0.6 is 0 Å². The number of hydrogen-bond donors (Lipinski definition) is 2. The van der Waals surface area contributed by atoms with Crippen LogP contribution < -0.4 is 11.1 Å². The molecule has 0 unspecified atom stereocenters. The third-order valence-corrected chi connectivity index (χ3v) is 2.87. The second kappa shape index (κ2) is 13.1. The lowest BCUT2D eigenvalue weighted by atomic mass is 10.1. The van der Waals surface area contributed by atoms with Gasteiger partial charge in [-0.2, -0.15) is 0 Å². The van der Waals surface area contributed by atoms with Gasteiger partial charge in [-0.05, 0) is 30.6 Å². The van der Waals surface area contributed by atoms with Gasteiger partial charge in [0.25, 0.3) is 0 Å². The topological polar surface area (TPSA) is 56.5 Å². The van der Waals surface area contributed by atoms with Gasteiger partial charge in [0.2, 0.25) is 0 Å². The van der Waals surface area contributed by atoms with Crippen LogP contribution in [0.3, 0.4) is 0 Å². The maximum absolute atomic E-state index is 5.42. The zero-order valence-corrected chi connectivity index (χ0v) is 14.0. The summed E-state index contributed by atoms with van der Waals surface area (Å²) in [5, 5.41) is 3.19.